The lowest BCUT2D eigenvalue weighted by molar-refractivity contribution is 1.03. The van der Waals surface area contributed by atoms with Crippen molar-refractivity contribution in [1.29, 1.82) is 0 Å². The number of pyridine rings is 1. The predicted octanol–water partition coefficient (Wildman–Crippen LogP) is 4.10. The van der Waals surface area contributed by atoms with Crippen molar-refractivity contribution in [3.05, 3.63) is 70.3 Å². The molecule has 0 fully saturated rings. The molecule has 0 radical (unpaired) electrons. The van der Waals surface area contributed by atoms with Gasteiger partial charge in [-0.25, -0.2) is 4.98 Å². The zero-order valence-corrected chi connectivity index (χ0v) is 11.5. The molecule has 3 rings (SSSR count). The Balaban J connectivity index is 1.85. The summed E-state index contributed by atoms with van der Waals surface area (Å²) in [5.41, 5.74) is 4.55. The summed E-state index contributed by atoms with van der Waals surface area (Å²) < 4.78 is 0. The first-order valence-corrected chi connectivity index (χ1v) is 7.11. The Labute approximate surface area is 116 Å². The number of benzene rings is 1. The molecule has 3 aromatic rings. The first-order chi connectivity index (χ1) is 9.33. The highest BCUT2D eigenvalue weighted by Gasteiger charge is 2.07. The van der Waals surface area contributed by atoms with Gasteiger partial charge in [-0.3, -0.25) is 4.98 Å². The predicted molar refractivity (Wildman–Crippen MR) is 79.3 cm³/mol. The Hall–Kier alpha value is -2.00. The molecule has 0 aliphatic carbocycles. The second-order valence-electron chi connectivity index (χ2n) is 4.44. The number of hydrogen-bond acceptors (Lipinski definition) is 3. The minimum Gasteiger partial charge on any atom is -0.261 e. The fraction of sp³-hybridized carbons (Fsp3) is 0.125. The molecule has 0 bridgehead atoms. The minimum atomic E-state index is 0.810. The zero-order chi connectivity index (χ0) is 13.1. The molecule has 0 amide bonds. The molecule has 0 saturated heterocycles. The summed E-state index contributed by atoms with van der Waals surface area (Å²) in [6, 6.07) is 14.3. The van der Waals surface area contributed by atoms with Gasteiger partial charge in [-0.05, 0) is 18.6 Å². The van der Waals surface area contributed by atoms with Gasteiger partial charge in [0.25, 0.3) is 0 Å². The number of aromatic nitrogens is 2. The van der Waals surface area contributed by atoms with Crippen LogP contribution >= 0.6 is 11.3 Å². The van der Waals surface area contributed by atoms with E-state index in [0.29, 0.717) is 0 Å². The van der Waals surface area contributed by atoms with Crippen molar-refractivity contribution in [2.75, 3.05) is 0 Å². The van der Waals surface area contributed by atoms with Crippen LogP contribution in [0.3, 0.4) is 0 Å². The fourth-order valence-electron chi connectivity index (χ4n) is 1.98. The van der Waals surface area contributed by atoms with Crippen LogP contribution in [-0.4, -0.2) is 9.97 Å². The summed E-state index contributed by atoms with van der Waals surface area (Å²) in [6.07, 6.45) is 2.65. The topological polar surface area (TPSA) is 25.8 Å². The number of aryl methyl sites for hydroxylation is 1. The van der Waals surface area contributed by atoms with Gasteiger partial charge >= 0.3 is 0 Å². The molecule has 94 valence electrons. The van der Waals surface area contributed by atoms with Gasteiger partial charge in [0.1, 0.15) is 0 Å². The van der Waals surface area contributed by atoms with Crippen LogP contribution in [0.5, 0.6) is 0 Å². The maximum atomic E-state index is 4.70. The highest BCUT2D eigenvalue weighted by molar-refractivity contribution is 7.10. The molecule has 2 heterocycles. The number of hydrogen-bond donors (Lipinski definition) is 0. The summed E-state index contributed by atoms with van der Waals surface area (Å²) >= 11 is 1.70. The lowest BCUT2D eigenvalue weighted by Gasteiger charge is -2.01. The van der Waals surface area contributed by atoms with Gasteiger partial charge in [0.2, 0.25) is 0 Å². The van der Waals surface area contributed by atoms with Crippen LogP contribution in [0.4, 0.5) is 0 Å². The number of nitrogens with zero attached hydrogens (tertiary/aromatic N) is 2. The van der Waals surface area contributed by atoms with Crippen molar-refractivity contribution >= 4 is 11.3 Å². The summed E-state index contributed by atoms with van der Waals surface area (Å²) in [4.78, 5) is 9.12. The first kappa shape index (κ1) is 12.1. The van der Waals surface area contributed by atoms with Crippen LogP contribution in [0, 0.1) is 6.92 Å². The second kappa shape index (κ2) is 5.33. The smallest absolute Gasteiger partial charge is 0.0992 e. The Bertz CT molecular complexity index is 674. The summed E-state index contributed by atoms with van der Waals surface area (Å²) in [7, 11) is 0. The van der Waals surface area contributed by atoms with Crippen molar-refractivity contribution in [2.24, 2.45) is 0 Å². The molecule has 0 saturated carbocycles. The van der Waals surface area contributed by atoms with E-state index in [-0.39, 0.29) is 0 Å². The van der Waals surface area contributed by atoms with Gasteiger partial charge in [0.05, 0.1) is 16.4 Å². The highest BCUT2D eigenvalue weighted by atomic mass is 32.1. The average molecular weight is 266 g/mol. The molecule has 0 unspecified atom stereocenters. The van der Waals surface area contributed by atoms with Crippen molar-refractivity contribution in [3.8, 4) is 11.3 Å². The summed E-state index contributed by atoms with van der Waals surface area (Å²) in [6.45, 7) is 2.09. The lowest BCUT2D eigenvalue weighted by Crippen LogP contribution is -1.94. The van der Waals surface area contributed by atoms with Gasteiger partial charge in [-0.15, -0.1) is 11.3 Å². The largest absolute Gasteiger partial charge is 0.261 e. The van der Waals surface area contributed by atoms with Gasteiger partial charge in [0.15, 0.2) is 0 Å². The molecular weight excluding hydrogens is 252 g/mol. The van der Waals surface area contributed by atoms with Crippen LogP contribution in [0.15, 0.2) is 54.0 Å². The lowest BCUT2D eigenvalue weighted by atomic mass is 10.1. The standard InChI is InChI=1S/C16H14N2S/c1-12-6-5-9-17-14(12)10-16-18-15(11-19-16)13-7-3-2-4-8-13/h2-9,11H,10H2,1H3. The van der Waals surface area contributed by atoms with E-state index in [0.717, 1.165) is 22.8 Å². The fourth-order valence-corrected chi connectivity index (χ4v) is 2.79. The van der Waals surface area contributed by atoms with Crippen LogP contribution in [0.2, 0.25) is 0 Å². The van der Waals surface area contributed by atoms with E-state index in [1.807, 2.05) is 30.5 Å². The molecule has 0 atom stereocenters. The van der Waals surface area contributed by atoms with E-state index in [4.69, 9.17) is 4.98 Å². The molecule has 0 N–H and O–H groups in total. The van der Waals surface area contributed by atoms with Crippen LogP contribution < -0.4 is 0 Å². The van der Waals surface area contributed by atoms with E-state index in [9.17, 15) is 0 Å². The second-order valence-corrected chi connectivity index (χ2v) is 5.38. The molecule has 1 aromatic carbocycles. The quantitative estimate of drug-likeness (QED) is 0.713. The van der Waals surface area contributed by atoms with Crippen LogP contribution in [0.25, 0.3) is 11.3 Å². The SMILES string of the molecule is Cc1cccnc1Cc1nc(-c2ccccc2)cs1. The minimum absolute atomic E-state index is 0.810. The third-order valence-corrected chi connectivity index (χ3v) is 3.91. The van der Waals surface area contributed by atoms with E-state index in [1.54, 1.807) is 11.3 Å². The molecule has 2 aromatic heterocycles. The molecule has 0 aliphatic heterocycles. The van der Waals surface area contributed by atoms with Crippen LogP contribution in [0.1, 0.15) is 16.3 Å². The van der Waals surface area contributed by atoms with Crippen molar-refractivity contribution in [1.82, 2.24) is 9.97 Å². The van der Waals surface area contributed by atoms with Gasteiger partial charge in [0, 0.05) is 23.6 Å². The van der Waals surface area contributed by atoms with Crippen molar-refractivity contribution in [3.63, 3.8) is 0 Å². The maximum Gasteiger partial charge on any atom is 0.0992 e. The van der Waals surface area contributed by atoms with E-state index >= 15 is 0 Å². The average Bonchev–Trinajstić information content (AvgIpc) is 2.91. The molecule has 3 heteroatoms. The van der Waals surface area contributed by atoms with Gasteiger partial charge in [-0.2, -0.15) is 0 Å². The Morgan fingerprint density at radius 1 is 1.05 bits per heavy atom. The molecule has 2 nitrogen and oxygen atoms in total. The summed E-state index contributed by atoms with van der Waals surface area (Å²) in [5, 5.41) is 3.23. The zero-order valence-electron chi connectivity index (χ0n) is 10.7. The monoisotopic (exact) mass is 266 g/mol. The number of thiazole rings is 1. The van der Waals surface area contributed by atoms with Crippen molar-refractivity contribution in [2.45, 2.75) is 13.3 Å². The van der Waals surface area contributed by atoms with Gasteiger partial charge in [-0.1, -0.05) is 36.4 Å². The summed E-state index contributed by atoms with van der Waals surface area (Å²) in [5.74, 6) is 0. The first-order valence-electron chi connectivity index (χ1n) is 6.23. The Morgan fingerprint density at radius 2 is 1.89 bits per heavy atom. The van der Waals surface area contributed by atoms with E-state index in [2.05, 4.69) is 35.5 Å². The third-order valence-electron chi connectivity index (χ3n) is 3.06. The van der Waals surface area contributed by atoms with E-state index < -0.39 is 0 Å². The maximum absolute atomic E-state index is 4.70. The Morgan fingerprint density at radius 3 is 2.68 bits per heavy atom. The Kier molecular flexibility index (Phi) is 3.38. The van der Waals surface area contributed by atoms with Crippen LogP contribution in [-0.2, 0) is 6.42 Å². The van der Waals surface area contributed by atoms with Gasteiger partial charge < -0.3 is 0 Å². The molecule has 0 aliphatic rings. The normalized spacial score (nSPS) is 10.6. The molecular formula is C16H14N2S. The third kappa shape index (κ3) is 2.71. The van der Waals surface area contributed by atoms with Crippen molar-refractivity contribution < 1.29 is 0 Å². The number of rotatable bonds is 3. The highest BCUT2D eigenvalue weighted by Crippen LogP contribution is 2.23. The molecule has 0 spiro atoms. The van der Waals surface area contributed by atoms with E-state index in [1.165, 1.54) is 11.1 Å². The molecule has 19 heavy (non-hydrogen) atoms.